The van der Waals surface area contributed by atoms with Crippen LogP contribution in [0.4, 0.5) is 16.0 Å². The van der Waals surface area contributed by atoms with Crippen molar-refractivity contribution in [1.29, 1.82) is 0 Å². The molecule has 0 saturated heterocycles. The molecule has 2 heterocycles. The van der Waals surface area contributed by atoms with Crippen molar-refractivity contribution >= 4 is 22.4 Å². The highest BCUT2D eigenvalue weighted by Crippen LogP contribution is 2.38. The van der Waals surface area contributed by atoms with Crippen LogP contribution in [0.3, 0.4) is 0 Å². The van der Waals surface area contributed by atoms with Crippen molar-refractivity contribution in [2.45, 2.75) is 6.92 Å². The van der Waals surface area contributed by atoms with Gasteiger partial charge in [0.05, 0.1) is 19.9 Å². The summed E-state index contributed by atoms with van der Waals surface area (Å²) in [4.78, 5) is 4.67. The Morgan fingerprint density at radius 2 is 1.71 bits per heavy atom. The number of anilines is 2. The predicted molar refractivity (Wildman–Crippen MR) is 107 cm³/mol. The highest BCUT2D eigenvalue weighted by atomic mass is 19.1. The summed E-state index contributed by atoms with van der Waals surface area (Å²) in [6, 6.07) is 13.9. The van der Waals surface area contributed by atoms with Gasteiger partial charge < -0.3 is 14.8 Å². The summed E-state index contributed by atoms with van der Waals surface area (Å²) < 4.78 is 25.4. The number of aromatic amines is 1. The average molecular weight is 378 g/mol. The van der Waals surface area contributed by atoms with Crippen molar-refractivity contribution in [1.82, 2.24) is 15.2 Å². The summed E-state index contributed by atoms with van der Waals surface area (Å²) >= 11 is 0. The molecule has 28 heavy (non-hydrogen) atoms. The predicted octanol–water partition coefficient (Wildman–Crippen LogP) is 4.83. The van der Waals surface area contributed by atoms with Crippen LogP contribution in [0.25, 0.3) is 22.0 Å². The van der Waals surface area contributed by atoms with E-state index in [4.69, 9.17) is 9.47 Å². The van der Waals surface area contributed by atoms with E-state index in [2.05, 4.69) is 20.5 Å². The summed E-state index contributed by atoms with van der Waals surface area (Å²) in [6.45, 7) is 1.91. The summed E-state index contributed by atoms with van der Waals surface area (Å²) in [5.74, 6) is 1.97. The molecule has 0 aliphatic carbocycles. The average Bonchev–Trinajstić information content (AvgIpc) is 3.11. The van der Waals surface area contributed by atoms with Crippen molar-refractivity contribution in [2.24, 2.45) is 0 Å². The first-order valence-corrected chi connectivity index (χ1v) is 8.69. The van der Waals surface area contributed by atoms with E-state index in [1.54, 1.807) is 32.4 Å². The Morgan fingerprint density at radius 3 is 2.39 bits per heavy atom. The van der Waals surface area contributed by atoms with Crippen molar-refractivity contribution in [3.8, 4) is 22.8 Å². The van der Waals surface area contributed by atoms with Gasteiger partial charge in [-0.25, -0.2) is 9.37 Å². The van der Waals surface area contributed by atoms with Gasteiger partial charge in [-0.1, -0.05) is 12.1 Å². The molecule has 142 valence electrons. The number of nitrogens with zero attached hydrogens (tertiary/aromatic N) is 2. The third-order valence-corrected chi connectivity index (χ3v) is 4.43. The van der Waals surface area contributed by atoms with E-state index in [1.807, 2.05) is 31.2 Å². The van der Waals surface area contributed by atoms with Crippen molar-refractivity contribution in [2.75, 3.05) is 19.5 Å². The molecule has 0 unspecified atom stereocenters. The van der Waals surface area contributed by atoms with Crippen LogP contribution in [0.2, 0.25) is 0 Å². The number of aryl methyl sites for hydroxylation is 1. The molecule has 0 saturated carbocycles. The number of hydrogen-bond acceptors (Lipinski definition) is 5. The minimum absolute atomic E-state index is 0.348. The second-order valence-corrected chi connectivity index (χ2v) is 6.33. The Hall–Kier alpha value is -3.61. The molecule has 0 amide bonds. The van der Waals surface area contributed by atoms with E-state index in [-0.39, 0.29) is 5.82 Å². The Labute approximate surface area is 161 Å². The lowest BCUT2D eigenvalue weighted by molar-refractivity contribution is 0.356. The molecule has 0 fully saturated rings. The Morgan fingerprint density at radius 1 is 0.964 bits per heavy atom. The SMILES string of the molecule is COc1cc2cc(Nc3cc(C)[nH]n3)nc(-c3ccccc3F)c2cc1OC. The van der Waals surface area contributed by atoms with Gasteiger partial charge >= 0.3 is 0 Å². The van der Waals surface area contributed by atoms with Crippen LogP contribution in [0.5, 0.6) is 11.5 Å². The van der Waals surface area contributed by atoms with E-state index in [0.717, 1.165) is 16.5 Å². The van der Waals surface area contributed by atoms with Crippen LogP contribution in [-0.2, 0) is 0 Å². The lowest BCUT2D eigenvalue weighted by Crippen LogP contribution is -1.99. The zero-order chi connectivity index (χ0) is 19.7. The van der Waals surface area contributed by atoms with E-state index in [9.17, 15) is 4.39 Å². The molecule has 2 aromatic carbocycles. The van der Waals surface area contributed by atoms with Gasteiger partial charge in [-0.3, -0.25) is 5.10 Å². The van der Waals surface area contributed by atoms with Crippen LogP contribution in [0.15, 0.2) is 48.5 Å². The molecule has 2 aromatic heterocycles. The van der Waals surface area contributed by atoms with E-state index >= 15 is 0 Å². The largest absolute Gasteiger partial charge is 0.493 e. The summed E-state index contributed by atoms with van der Waals surface area (Å²) in [6.07, 6.45) is 0. The highest BCUT2D eigenvalue weighted by Gasteiger charge is 2.16. The fourth-order valence-corrected chi connectivity index (χ4v) is 3.12. The van der Waals surface area contributed by atoms with Gasteiger partial charge in [0.25, 0.3) is 0 Å². The Kier molecular flexibility index (Phi) is 4.57. The first kappa shape index (κ1) is 17.8. The zero-order valence-electron chi connectivity index (χ0n) is 15.7. The third-order valence-electron chi connectivity index (χ3n) is 4.43. The van der Waals surface area contributed by atoms with Gasteiger partial charge in [-0.15, -0.1) is 0 Å². The number of halogens is 1. The second-order valence-electron chi connectivity index (χ2n) is 6.33. The fraction of sp³-hybridized carbons (Fsp3) is 0.143. The summed E-state index contributed by atoms with van der Waals surface area (Å²) in [5.41, 5.74) is 1.83. The number of methoxy groups -OCH3 is 2. The van der Waals surface area contributed by atoms with E-state index in [0.29, 0.717) is 34.4 Å². The van der Waals surface area contributed by atoms with E-state index < -0.39 is 0 Å². The molecule has 0 atom stereocenters. The molecule has 4 aromatic rings. The van der Waals surface area contributed by atoms with Crippen molar-refractivity contribution in [3.05, 3.63) is 60.0 Å². The monoisotopic (exact) mass is 378 g/mol. The highest BCUT2D eigenvalue weighted by molar-refractivity contribution is 5.98. The van der Waals surface area contributed by atoms with Crippen LogP contribution >= 0.6 is 0 Å². The first-order chi connectivity index (χ1) is 13.6. The Bertz CT molecular complexity index is 1160. The molecule has 0 aliphatic heterocycles. The topological polar surface area (TPSA) is 72.1 Å². The number of H-pyrrole nitrogens is 1. The number of rotatable bonds is 5. The minimum atomic E-state index is -0.348. The van der Waals surface area contributed by atoms with Gasteiger partial charge in [-0.05, 0) is 42.6 Å². The number of benzene rings is 2. The normalized spacial score (nSPS) is 10.9. The molecule has 6 nitrogen and oxygen atoms in total. The van der Waals surface area contributed by atoms with Crippen molar-refractivity contribution < 1.29 is 13.9 Å². The van der Waals surface area contributed by atoms with Gasteiger partial charge in [-0.2, -0.15) is 5.10 Å². The standard InChI is InChI=1S/C21H19FN4O2/c1-12-8-20(26-25-12)23-19-10-13-9-17(27-2)18(28-3)11-15(13)21(24-19)14-6-4-5-7-16(14)22/h4-11H,1-3H3,(H2,23,24,25,26). The van der Waals surface area contributed by atoms with Gasteiger partial charge in [0.1, 0.15) is 11.6 Å². The third kappa shape index (κ3) is 3.22. The maximum Gasteiger partial charge on any atom is 0.161 e. The van der Waals surface area contributed by atoms with Crippen LogP contribution < -0.4 is 14.8 Å². The number of aromatic nitrogens is 3. The molecule has 0 bridgehead atoms. The molecule has 7 heteroatoms. The molecular weight excluding hydrogens is 359 g/mol. The Balaban J connectivity index is 1.96. The van der Waals surface area contributed by atoms with Gasteiger partial charge in [0.2, 0.25) is 0 Å². The maximum absolute atomic E-state index is 14.6. The number of fused-ring (bicyclic) bond motifs is 1. The lowest BCUT2D eigenvalue weighted by Gasteiger charge is -2.14. The number of pyridine rings is 1. The fourth-order valence-electron chi connectivity index (χ4n) is 3.12. The van der Waals surface area contributed by atoms with Gasteiger partial charge in [0, 0.05) is 22.7 Å². The summed E-state index contributed by atoms with van der Waals surface area (Å²) in [7, 11) is 3.14. The first-order valence-electron chi connectivity index (χ1n) is 8.69. The molecule has 2 N–H and O–H groups in total. The molecule has 0 aliphatic rings. The second kappa shape index (κ2) is 7.19. The quantitative estimate of drug-likeness (QED) is 0.520. The number of ether oxygens (including phenoxy) is 2. The lowest BCUT2D eigenvalue weighted by atomic mass is 10.0. The van der Waals surface area contributed by atoms with Crippen LogP contribution in [0.1, 0.15) is 5.69 Å². The zero-order valence-corrected chi connectivity index (χ0v) is 15.7. The number of hydrogen-bond donors (Lipinski definition) is 2. The molecule has 0 spiro atoms. The van der Waals surface area contributed by atoms with Gasteiger partial charge in [0.15, 0.2) is 17.3 Å². The van der Waals surface area contributed by atoms with Crippen molar-refractivity contribution in [3.63, 3.8) is 0 Å². The minimum Gasteiger partial charge on any atom is -0.493 e. The number of nitrogens with one attached hydrogen (secondary N) is 2. The smallest absolute Gasteiger partial charge is 0.161 e. The van der Waals surface area contributed by atoms with Crippen LogP contribution in [-0.4, -0.2) is 29.4 Å². The van der Waals surface area contributed by atoms with E-state index in [1.165, 1.54) is 6.07 Å². The maximum atomic E-state index is 14.6. The molecular formula is C21H19FN4O2. The van der Waals surface area contributed by atoms with Crippen LogP contribution in [0, 0.1) is 12.7 Å². The molecule has 4 rings (SSSR count). The molecule has 0 radical (unpaired) electrons. The summed E-state index contributed by atoms with van der Waals surface area (Å²) in [5, 5.41) is 11.8.